The third kappa shape index (κ3) is 84.5. The molecule has 96 heavy (non-hydrogen) atoms. The molecule has 5 heteroatoms. The number of hydrogen-bond acceptors (Lipinski definition) is 5. The van der Waals surface area contributed by atoms with Gasteiger partial charge in [-0.3, -0.25) is 9.59 Å². The van der Waals surface area contributed by atoms with E-state index in [0.29, 0.717) is 12.8 Å². The number of carbonyl (C=O) groups excluding carboxylic acids is 2. The highest BCUT2D eigenvalue weighted by molar-refractivity contribution is 5.70. The van der Waals surface area contributed by atoms with Crippen LogP contribution in [-0.2, 0) is 19.1 Å². The van der Waals surface area contributed by atoms with Crippen LogP contribution in [0.2, 0.25) is 0 Å². The van der Waals surface area contributed by atoms with Gasteiger partial charge in [-0.25, -0.2) is 0 Å². The molecule has 0 fully saturated rings. The lowest BCUT2D eigenvalue weighted by Crippen LogP contribution is -2.28. The van der Waals surface area contributed by atoms with Gasteiger partial charge in [0.2, 0.25) is 0 Å². The van der Waals surface area contributed by atoms with Crippen molar-refractivity contribution in [3.05, 3.63) is 36.5 Å². The van der Waals surface area contributed by atoms with Crippen molar-refractivity contribution in [2.24, 2.45) is 0 Å². The van der Waals surface area contributed by atoms with Crippen molar-refractivity contribution >= 4 is 11.9 Å². The summed E-state index contributed by atoms with van der Waals surface area (Å²) in [7, 11) is 0. The van der Waals surface area contributed by atoms with Crippen LogP contribution in [0.25, 0.3) is 0 Å². The fourth-order valence-electron chi connectivity index (χ4n) is 14.3. The van der Waals surface area contributed by atoms with E-state index in [0.717, 1.165) is 44.9 Å². The van der Waals surface area contributed by atoms with Gasteiger partial charge in [-0.15, -0.1) is 0 Å². The predicted molar refractivity (Wildman–Crippen MR) is 427 cm³/mol. The van der Waals surface area contributed by atoms with Crippen LogP contribution in [0.3, 0.4) is 0 Å². The summed E-state index contributed by atoms with van der Waals surface area (Å²) in [6.45, 7) is 4.21. The summed E-state index contributed by atoms with van der Waals surface area (Å²) in [6, 6.07) is 0. The molecular formula is C91H174O5. The first-order valence-corrected chi connectivity index (χ1v) is 44.5. The van der Waals surface area contributed by atoms with Crippen LogP contribution in [0.1, 0.15) is 515 Å². The van der Waals surface area contributed by atoms with E-state index in [1.807, 2.05) is 0 Å². The summed E-state index contributed by atoms with van der Waals surface area (Å²) < 4.78 is 10.8. The van der Waals surface area contributed by atoms with Crippen LogP contribution in [0, 0.1) is 0 Å². The van der Waals surface area contributed by atoms with Crippen LogP contribution in [0.5, 0.6) is 0 Å². The topological polar surface area (TPSA) is 72.8 Å². The van der Waals surface area contributed by atoms with Crippen molar-refractivity contribution in [2.75, 3.05) is 13.2 Å². The number of esters is 2. The second kappa shape index (κ2) is 87.3. The minimum absolute atomic E-state index is 0.0572. The van der Waals surface area contributed by atoms with E-state index < -0.39 is 6.10 Å². The number of rotatable bonds is 85. The Balaban J connectivity index is 3.33. The highest BCUT2D eigenvalue weighted by atomic mass is 16.6. The highest BCUT2D eigenvalue weighted by Gasteiger charge is 2.16. The fraction of sp³-hybridized carbons (Fsp3) is 0.912. The third-order valence-electron chi connectivity index (χ3n) is 20.9. The number of hydrogen-bond donors (Lipinski definition) is 1. The molecule has 0 spiro atoms. The smallest absolute Gasteiger partial charge is 0.306 e. The molecule has 0 amide bonds. The Morgan fingerprint density at radius 1 is 0.240 bits per heavy atom. The van der Waals surface area contributed by atoms with E-state index in [4.69, 9.17) is 9.47 Å². The summed E-state index contributed by atoms with van der Waals surface area (Å²) >= 11 is 0. The Kier molecular flexibility index (Phi) is 85.6. The monoisotopic (exact) mass is 1350 g/mol. The average Bonchev–Trinajstić information content (AvgIpc) is 3.79. The number of aliphatic hydroxyl groups is 1. The van der Waals surface area contributed by atoms with Gasteiger partial charge in [0.25, 0.3) is 0 Å². The van der Waals surface area contributed by atoms with Gasteiger partial charge in [-0.2, -0.15) is 0 Å². The molecule has 0 aromatic heterocycles. The second-order valence-electron chi connectivity index (χ2n) is 30.7. The van der Waals surface area contributed by atoms with Gasteiger partial charge in [0.15, 0.2) is 6.10 Å². The molecule has 0 bridgehead atoms. The molecule has 0 saturated carbocycles. The summed E-state index contributed by atoms with van der Waals surface area (Å²) in [5.41, 5.74) is 0. The Morgan fingerprint density at radius 2 is 0.417 bits per heavy atom. The van der Waals surface area contributed by atoms with E-state index in [-0.39, 0.29) is 25.2 Å². The maximum absolute atomic E-state index is 12.4. The molecule has 568 valence electrons. The normalized spacial score (nSPS) is 12.2. The Bertz CT molecular complexity index is 1530. The Morgan fingerprint density at radius 3 is 0.625 bits per heavy atom. The van der Waals surface area contributed by atoms with Gasteiger partial charge in [0.05, 0.1) is 6.61 Å². The van der Waals surface area contributed by atoms with Crippen molar-refractivity contribution < 1.29 is 24.2 Å². The molecule has 0 heterocycles. The van der Waals surface area contributed by atoms with Crippen LogP contribution >= 0.6 is 0 Å². The summed E-state index contributed by atoms with van der Waals surface area (Å²) in [6.07, 6.45) is 119. The van der Waals surface area contributed by atoms with Crippen molar-refractivity contribution in [1.29, 1.82) is 0 Å². The Labute approximate surface area is 603 Å². The molecule has 1 unspecified atom stereocenters. The maximum atomic E-state index is 12.4. The van der Waals surface area contributed by atoms with Gasteiger partial charge in [-0.1, -0.05) is 487 Å². The summed E-state index contributed by atoms with van der Waals surface area (Å²) in [5.74, 6) is -0.558. The lowest BCUT2D eigenvalue weighted by atomic mass is 10.0. The van der Waals surface area contributed by atoms with Crippen LogP contribution in [-0.4, -0.2) is 36.4 Å². The molecule has 1 N–H and O–H groups in total. The van der Waals surface area contributed by atoms with E-state index in [9.17, 15) is 14.7 Å². The number of unbranched alkanes of at least 4 members (excludes halogenated alkanes) is 71. The average molecular weight is 1350 g/mol. The molecule has 0 aromatic rings. The zero-order valence-electron chi connectivity index (χ0n) is 65.7. The van der Waals surface area contributed by atoms with E-state index >= 15 is 0 Å². The minimum Gasteiger partial charge on any atom is -0.462 e. The third-order valence-corrected chi connectivity index (χ3v) is 20.9. The van der Waals surface area contributed by atoms with Crippen molar-refractivity contribution in [2.45, 2.75) is 521 Å². The highest BCUT2D eigenvalue weighted by Crippen LogP contribution is 2.21. The number of allylic oxidation sites excluding steroid dienone is 6. The standard InChI is InChI=1S/C91H174O5/c1-3-5-7-9-11-13-15-17-19-21-23-25-27-29-31-33-35-37-39-41-43-45-47-49-51-53-55-57-59-61-63-65-67-69-71-73-75-77-79-81-83-85-90(93)95-88-89(87-92)96-91(94)86-84-82-80-78-76-74-72-70-68-66-64-62-60-58-56-54-52-50-48-46-44-42-40-38-36-34-32-30-28-26-24-22-20-18-16-14-12-10-8-6-4-2/h16,18,22,24,28,30,89,92H,3-15,17,19-21,23,25-27,29,31-88H2,1-2H3/b18-16-,24-22-,30-28-. The van der Waals surface area contributed by atoms with Gasteiger partial charge in [-0.05, 0) is 51.4 Å². The quantitative estimate of drug-likeness (QED) is 0.0373. The molecule has 0 aliphatic rings. The van der Waals surface area contributed by atoms with Crippen LogP contribution in [0.15, 0.2) is 36.5 Å². The van der Waals surface area contributed by atoms with Crippen molar-refractivity contribution in [1.82, 2.24) is 0 Å². The van der Waals surface area contributed by atoms with Crippen LogP contribution in [0.4, 0.5) is 0 Å². The van der Waals surface area contributed by atoms with Crippen molar-refractivity contribution in [3.8, 4) is 0 Å². The lowest BCUT2D eigenvalue weighted by molar-refractivity contribution is -0.161. The first-order chi connectivity index (χ1) is 47.6. The predicted octanol–water partition coefficient (Wildman–Crippen LogP) is 31.6. The largest absolute Gasteiger partial charge is 0.462 e. The Hall–Kier alpha value is -1.88. The van der Waals surface area contributed by atoms with Crippen LogP contribution < -0.4 is 0 Å². The zero-order chi connectivity index (χ0) is 69.0. The SMILES string of the molecule is CCCCCCC/C=C\C/C=C\C/C=C\CCCCCCCCCCCCCCCCCCCCCCCCCCCCC(=O)OC(CO)COC(=O)CCCCCCCCCCCCCCCCCCCCCCCCCCCCCCCCCCCCCCCCCCC. The number of aliphatic hydroxyl groups excluding tert-OH is 1. The summed E-state index contributed by atoms with van der Waals surface area (Å²) in [5, 5.41) is 9.75. The fourth-order valence-corrected chi connectivity index (χ4v) is 14.3. The second-order valence-corrected chi connectivity index (χ2v) is 30.7. The lowest BCUT2D eigenvalue weighted by Gasteiger charge is -2.15. The first kappa shape index (κ1) is 94.1. The van der Waals surface area contributed by atoms with E-state index in [1.165, 1.54) is 443 Å². The molecule has 0 radical (unpaired) electrons. The molecule has 0 aliphatic heterocycles. The number of carbonyl (C=O) groups is 2. The molecule has 5 nitrogen and oxygen atoms in total. The first-order valence-electron chi connectivity index (χ1n) is 44.5. The van der Waals surface area contributed by atoms with Crippen molar-refractivity contribution in [3.63, 3.8) is 0 Å². The van der Waals surface area contributed by atoms with Gasteiger partial charge in [0, 0.05) is 12.8 Å². The van der Waals surface area contributed by atoms with Gasteiger partial charge in [0.1, 0.15) is 6.61 Å². The van der Waals surface area contributed by atoms with E-state index in [1.54, 1.807) is 0 Å². The van der Waals surface area contributed by atoms with E-state index in [2.05, 4.69) is 50.3 Å². The molecule has 0 aliphatic carbocycles. The number of ether oxygens (including phenoxy) is 2. The molecule has 0 saturated heterocycles. The maximum Gasteiger partial charge on any atom is 0.306 e. The molecular weight excluding hydrogens is 1170 g/mol. The van der Waals surface area contributed by atoms with Gasteiger partial charge < -0.3 is 14.6 Å². The summed E-state index contributed by atoms with van der Waals surface area (Å²) in [4.78, 5) is 24.8. The molecule has 1 atom stereocenters. The minimum atomic E-state index is -0.770. The molecule has 0 aromatic carbocycles. The zero-order valence-corrected chi connectivity index (χ0v) is 65.7. The molecule has 0 rings (SSSR count). The van der Waals surface area contributed by atoms with Gasteiger partial charge >= 0.3 is 11.9 Å².